The van der Waals surface area contributed by atoms with E-state index in [0.717, 1.165) is 12.1 Å². The monoisotopic (exact) mass is 127 g/mol. The Balaban J connectivity index is 3.17. The molecule has 1 rings (SSSR count). The highest BCUT2D eigenvalue weighted by Crippen LogP contribution is 2.23. The molecule has 0 aliphatic heterocycles. The normalized spacial score (nSPS) is 9.44. The molecule has 0 aromatic heterocycles. The minimum absolute atomic E-state index is 0.364. The van der Waals surface area contributed by atoms with Crippen molar-refractivity contribution in [3.05, 3.63) is 24.0 Å². The SMILES string of the molecule is Oc1c[c]c(F)cc1O. The van der Waals surface area contributed by atoms with Gasteiger partial charge in [0.2, 0.25) is 0 Å². The topological polar surface area (TPSA) is 40.5 Å². The molecule has 0 aliphatic carbocycles. The first-order chi connectivity index (χ1) is 4.20. The molecule has 0 heterocycles. The van der Waals surface area contributed by atoms with Crippen molar-refractivity contribution in [3.8, 4) is 11.5 Å². The summed E-state index contributed by atoms with van der Waals surface area (Å²) in [6, 6.07) is 3.81. The third-order valence-corrected chi connectivity index (χ3v) is 0.873. The highest BCUT2D eigenvalue weighted by Gasteiger charge is 1.97. The van der Waals surface area contributed by atoms with Crippen molar-refractivity contribution < 1.29 is 14.6 Å². The van der Waals surface area contributed by atoms with Crippen LogP contribution in [-0.4, -0.2) is 10.2 Å². The van der Waals surface area contributed by atoms with Gasteiger partial charge in [-0.15, -0.1) is 0 Å². The summed E-state index contributed by atoms with van der Waals surface area (Å²) in [5, 5.41) is 17.2. The van der Waals surface area contributed by atoms with Gasteiger partial charge in [0.25, 0.3) is 0 Å². The average Bonchev–Trinajstić information content (AvgIpc) is 1.80. The molecule has 1 radical (unpaired) electrons. The Morgan fingerprint density at radius 2 is 2.00 bits per heavy atom. The first kappa shape index (κ1) is 5.88. The Kier molecular flexibility index (Phi) is 1.26. The van der Waals surface area contributed by atoms with Gasteiger partial charge < -0.3 is 10.2 Å². The quantitative estimate of drug-likeness (QED) is 0.511. The van der Waals surface area contributed by atoms with E-state index in [1.165, 1.54) is 0 Å². The van der Waals surface area contributed by atoms with Gasteiger partial charge in [0.05, 0.1) is 0 Å². The van der Waals surface area contributed by atoms with E-state index in [1.807, 2.05) is 0 Å². The number of benzene rings is 1. The van der Waals surface area contributed by atoms with Crippen LogP contribution < -0.4 is 0 Å². The summed E-state index contributed by atoms with van der Waals surface area (Å²) in [4.78, 5) is 0. The lowest BCUT2D eigenvalue weighted by Gasteiger charge is -1.93. The molecule has 9 heavy (non-hydrogen) atoms. The van der Waals surface area contributed by atoms with E-state index in [0.29, 0.717) is 0 Å². The van der Waals surface area contributed by atoms with E-state index >= 15 is 0 Å². The van der Waals surface area contributed by atoms with Crippen molar-refractivity contribution in [1.29, 1.82) is 0 Å². The highest BCUT2D eigenvalue weighted by molar-refractivity contribution is 5.36. The van der Waals surface area contributed by atoms with Crippen LogP contribution in [0.25, 0.3) is 0 Å². The Morgan fingerprint density at radius 1 is 1.33 bits per heavy atom. The van der Waals surface area contributed by atoms with Crippen molar-refractivity contribution in [2.75, 3.05) is 0 Å². The largest absolute Gasteiger partial charge is 0.504 e. The molecule has 47 valence electrons. The van der Waals surface area contributed by atoms with Crippen LogP contribution in [0.15, 0.2) is 12.1 Å². The molecule has 0 bridgehead atoms. The number of halogens is 1. The molecule has 0 saturated carbocycles. The van der Waals surface area contributed by atoms with Crippen LogP contribution in [0.1, 0.15) is 0 Å². The maximum absolute atomic E-state index is 12.0. The molecule has 0 unspecified atom stereocenters. The zero-order valence-corrected chi connectivity index (χ0v) is 4.43. The summed E-state index contributed by atoms with van der Waals surface area (Å²) in [5.74, 6) is -1.52. The number of aromatic hydroxyl groups is 2. The molecular formula is C6H4FO2. The zero-order chi connectivity index (χ0) is 6.85. The predicted octanol–water partition coefficient (Wildman–Crippen LogP) is 1.04. The molecule has 2 N–H and O–H groups in total. The van der Waals surface area contributed by atoms with E-state index in [-0.39, 0.29) is 5.75 Å². The fraction of sp³-hybridized carbons (Fsp3) is 0. The maximum Gasteiger partial charge on any atom is 0.160 e. The van der Waals surface area contributed by atoms with Gasteiger partial charge in [0, 0.05) is 12.1 Å². The summed E-state index contributed by atoms with van der Waals surface area (Å²) in [6.07, 6.45) is 0. The summed E-state index contributed by atoms with van der Waals surface area (Å²) < 4.78 is 12.0. The fourth-order valence-corrected chi connectivity index (χ4v) is 0.447. The summed E-state index contributed by atoms with van der Waals surface area (Å²) in [7, 11) is 0. The van der Waals surface area contributed by atoms with E-state index in [1.54, 1.807) is 0 Å². The van der Waals surface area contributed by atoms with E-state index < -0.39 is 11.6 Å². The Labute approximate surface area is 51.2 Å². The fourth-order valence-electron chi connectivity index (χ4n) is 0.447. The smallest absolute Gasteiger partial charge is 0.160 e. The summed E-state index contributed by atoms with van der Waals surface area (Å²) >= 11 is 0. The first-order valence-electron chi connectivity index (χ1n) is 2.29. The molecule has 0 spiro atoms. The van der Waals surface area contributed by atoms with Crippen LogP contribution >= 0.6 is 0 Å². The van der Waals surface area contributed by atoms with Gasteiger partial charge in [-0.2, -0.15) is 0 Å². The van der Waals surface area contributed by atoms with Crippen molar-refractivity contribution in [1.82, 2.24) is 0 Å². The highest BCUT2D eigenvalue weighted by atomic mass is 19.1. The zero-order valence-electron chi connectivity index (χ0n) is 4.43. The third-order valence-electron chi connectivity index (χ3n) is 0.873. The standard InChI is InChI=1S/C6H4FO2/c7-4-1-2-5(8)6(9)3-4/h2-3,8-9H. The van der Waals surface area contributed by atoms with Gasteiger partial charge in [-0.1, -0.05) is 0 Å². The van der Waals surface area contributed by atoms with Crippen LogP contribution in [0.3, 0.4) is 0 Å². The number of hydrogen-bond acceptors (Lipinski definition) is 2. The second-order valence-corrected chi connectivity index (χ2v) is 1.55. The second-order valence-electron chi connectivity index (χ2n) is 1.55. The second kappa shape index (κ2) is 1.93. The minimum atomic E-state index is -0.690. The predicted molar refractivity (Wildman–Crippen MR) is 28.6 cm³/mol. The van der Waals surface area contributed by atoms with E-state index in [9.17, 15) is 4.39 Å². The molecule has 0 atom stereocenters. The van der Waals surface area contributed by atoms with Gasteiger partial charge in [-0.3, -0.25) is 0 Å². The van der Waals surface area contributed by atoms with Crippen LogP contribution in [0.2, 0.25) is 0 Å². The number of hydrogen-bond donors (Lipinski definition) is 2. The number of rotatable bonds is 0. The third kappa shape index (κ3) is 1.10. The van der Waals surface area contributed by atoms with Crippen molar-refractivity contribution in [2.24, 2.45) is 0 Å². The van der Waals surface area contributed by atoms with Crippen LogP contribution in [-0.2, 0) is 0 Å². The molecule has 0 aliphatic rings. The van der Waals surface area contributed by atoms with Crippen molar-refractivity contribution in [2.45, 2.75) is 0 Å². The van der Waals surface area contributed by atoms with Gasteiger partial charge in [0.1, 0.15) is 5.82 Å². The molecule has 0 fully saturated rings. The Morgan fingerprint density at radius 3 is 2.44 bits per heavy atom. The Hall–Kier alpha value is -1.25. The van der Waals surface area contributed by atoms with Crippen LogP contribution in [0.4, 0.5) is 4.39 Å². The van der Waals surface area contributed by atoms with Gasteiger partial charge in [0.15, 0.2) is 11.5 Å². The maximum atomic E-state index is 12.0. The molecular weight excluding hydrogens is 123 g/mol. The molecule has 0 amide bonds. The van der Waals surface area contributed by atoms with Gasteiger partial charge >= 0.3 is 0 Å². The van der Waals surface area contributed by atoms with E-state index in [4.69, 9.17) is 10.2 Å². The van der Waals surface area contributed by atoms with Crippen molar-refractivity contribution >= 4 is 0 Å². The summed E-state index contributed by atoms with van der Waals surface area (Å²) in [6.45, 7) is 0. The van der Waals surface area contributed by atoms with Crippen molar-refractivity contribution in [3.63, 3.8) is 0 Å². The molecule has 3 heteroatoms. The minimum Gasteiger partial charge on any atom is -0.504 e. The Bertz CT molecular complexity index is 222. The first-order valence-corrected chi connectivity index (χ1v) is 2.29. The lowest BCUT2D eigenvalue weighted by molar-refractivity contribution is 0.399. The number of phenols is 2. The lowest BCUT2D eigenvalue weighted by Crippen LogP contribution is -1.72. The van der Waals surface area contributed by atoms with E-state index in [2.05, 4.69) is 6.07 Å². The molecule has 1 aromatic rings. The number of phenolic OH excluding ortho intramolecular Hbond substituents is 2. The molecule has 2 nitrogen and oxygen atoms in total. The molecule has 1 aromatic carbocycles. The van der Waals surface area contributed by atoms with Crippen LogP contribution in [0.5, 0.6) is 11.5 Å². The van der Waals surface area contributed by atoms with Gasteiger partial charge in [-0.25, -0.2) is 4.39 Å². The lowest BCUT2D eigenvalue weighted by atomic mass is 10.3. The average molecular weight is 127 g/mol. The summed E-state index contributed by atoms with van der Waals surface area (Å²) in [5.41, 5.74) is 0. The van der Waals surface area contributed by atoms with Gasteiger partial charge in [-0.05, 0) is 6.07 Å². The van der Waals surface area contributed by atoms with Crippen LogP contribution in [0, 0.1) is 11.9 Å². The molecule has 0 saturated heterocycles.